The molecule has 468 valence electrons. The van der Waals surface area contributed by atoms with Crippen molar-refractivity contribution in [2.75, 3.05) is 13.2 Å². The molecule has 0 aromatic heterocycles. The first-order valence-electron chi connectivity index (χ1n) is 34.0. The Morgan fingerprint density at radius 3 is 0.771 bits per heavy atom. The van der Waals surface area contributed by atoms with Gasteiger partial charge < -0.3 is 14.2 Å². The van der Waals surface area contributed by atoms with Crippen LogP contribution in [0.15, 0.2) is 158 Å². The Kier molecular flexibility index (Phi) is 65.4. The Labute approximate surface area is 511 Å². The zero-order valence-corrected chi connectivity index (χ0v) is 53.7. The average Bonchev–Trinajstić information content (AvgIpc) is 3.48. The summed E-state index contributed by atoms with van der Waals surface area (Å²) >= 11 is 0. The van der Waals surface area contributed by atoms with Crippen LogP contribution in [0, 0.1) is 0 Å². The smallest absolute Gasteiger partial charge is 0.306 e. The van der Waals surface area contributed by atoms with E-state index in [0.29, 0.717) is 19.3 Å². The quantitative estimate of drug-likeness (QED) is 0.0261. The topological polar surface area (TPSA) is 78.9 Å². The van der Waals surface area contributed by atoms with Crippen LogP contribution in [0.4, 0.5) is 0 Å². The molecule has 0 amide bonds. The third-order valence-corrected chi connectivity index (χ3v) is 14.0. The maximum absolute atomic E-state index is 12.9. The summed E-state index contributed by atoms with van der Waals surface area (Å²) in [5.41, 5.74) is 0. The summed E-state index contributed by atoms with van der Waals surface area (Å²) in [4.78, 5) is 38.3. The Bertz CT molecular complexity index is 1840. The summed E-state index contributed by atoms with van der Waals surface area (Å²) in [5, 5.41) is 0. The van der Waals surface area contributed by atoms with Crippen LogP contribution in [-0.4, -0.2) is 37.2 Å². The van der Waals surface area contributed by atoms with Gasteiger partial charge in [0.05, 0.1) is 0 Å². The van der Waals surface area contributed by atoms with Crippen molar-refractivity contribution in [3.05, 3.63) is 158 Å². The minimum atomic E-state index is -0.815. The lowest BCUT2D eigenvalue weighted by atomic mass is 10.0. The van der Waals surface area contributed by atoms with Gasteiger partial charge in [0.1, 0.15) is 13.2 Å². The van der Waals surface area contributed by atoms with E-state index in [1.54, 1.807) is 0 Å². The van der Waals surface area contributed by atoms with Crippen LogP contribution in [-0.2, 0) is 28.6 Å². The number of carbonyl (C=O) groups is 3. The molecule has 0 bridgehead atoms. The molecule has 83 heavy (non-hydrogen) atoms. The second kappa shape index (κ2) is 69.5. The van der Waals surface area contributed by atoms with Gasteiger partial charge in [-0.15, -0.1) is 0 Å². The molecule has 1 atom stereocenters. The zero-order valence-electron chi connectivity index (χ0n) is 53.7. The van der Waals surface area contributed by atoms with Gasteiger partial charge in [-0.2, -0.15) is 0 Å². The van der Waals surface area contributed by atoms with Gasteiger partial charge >= 0.3 is 17.9 Å². The Morgan fingerprint density at radius 2 is 0.482 bits per heavy atom. The fourth-order valence-corrected chi connectivity index (χ4v) is 9.02. The number of hydrogen-bond acceptors (Lipinski definition) is 6. The third-order valence-electron chi connectivity index (χ3n) is 14.0. The molecule has 0 radical (unpaired) electrons. The molecule has 0 saturated carbocycles. The molecule has 0 N–H and O–H groups in total. The third kappa shape index (κ3) is 67.7. The van der Waals surface area contributed by atoms with E-state index >= 15 is 0 Å². The molecule has 0 spiro atoms. The maximum atomic E-state index is 12.9. The van der Waals surface area contributed by atoms with Crippen LogP contribution in [0.2, 0.25) is 0 Å². The van der Waals surface area contributed by atoms with Gasteiger partial charge in [0.25, 0.3) is 0 Å². The van der Waals surface area contributed by atoms with E-state index in [-0.39, 0.29) is 37.5 Å². The van der Waals surface area contributed by atoms with Crippen molar-refractivity contribution >= 4 is 17.9 Å². The monoisotopic (exact) mass is 1140 g/mol. The Hall–Kier alpha value is -4.97. The fraction of sp³-hybridized carbons (Fsp3) is 0.623. The van der Waals surface area contributed by atoms with Crippen LogP contribution >= 0.6 is 0 Å². The van der Waals surface area contributed by atoms with Gasteiger partial charge in [0.15, 0.2) is 6.10 Å². The fourth-order valence-electron chi connectivity index (χ4n) is 9.02. The van der Waals surface area contributed by atoms with Crippen LogP contribution < -0.4 is 0 Å². The molecule has 6 heteroatoms. The second-order valence-corrected chi connectivity index (χ2v) is 22.0. The highest BCUT2D eigenvalue weighted by Gasteiger charge is 2.19. The number of esters is 3. The van der Waals surface area contributed by atoms with Crippen LogP contribution in [0.3, 0.4) is 0 Å². The van der Waals surface area contributed by atoms with Gasteiger partial charge in [-0.3, -0.25) is 14.4 Å². The normalized spacial score (nSPS) is 13.1. The molecular weight excluding hydrogens is 1020 g/mol. The molecular formula is C77H124O6. The van der Waals surface area contributed by atoms with E-state index in [2.05, 4.69) is 179 Å². The van der Waals surface area contributed by atoms with E-state index in [0.717, 1.165) is 128 Å². The highest BCUT2D eigenvalue weighted by Crippen LogP contribution is 2.16. The predicted octanol–water partition coefficient (Wildman–Crippen LogP) is 23.7. The lowest BCUT2D eigenvalue weighted by molar-refractivity contribution is -0.167. The van der Waals surface area contributed by atoms with Crippen LogP contribution in [0.25, 0.3) is 0 Å². The van der Waals surface area contributed by atoms with Gasteiger partial charge in [0, 0.05) is 19.3 Å². The highest BCUT2D eigenvalue weighted by atomic mass is 16.6. The summed E-state index contributed by atoms with van der Waals surface area (Å²) in [6.45, 7) is 6.36. The first kappa shape index (κ1) is 78.0. The minimum Gasteiger partial charge on any atom is -0.462 e. The lowest BCUT2D eigenvalue weighted by Gasteiger charge is -2.18. The van der Waals surface area contributed by atoms with Gasteiger partial charge in [-0.1, -0.05) is 307 Å². The molecule has 0 aromatic rings. The van der Waals surface area contributed by atoms with Crippen molar-refractivity contribution in [2.45, 2.75) is 297 Å². The van der Waals surface area contributed by atoms with Gasteiger partial charge in [-0.25, -0.2) is 0 Å². The first-order chi connectivity index (χ1) is 41.0. The summed E-state index contributed by atoms with van der Waals surface area (Å²) in [7, 11) is 0. The largest absolute Gasteiger partial charge is 0.462 e. The first-order valence-corrected chi connectivity index (χ1v) is 34.0. The van der Waals surface area contributed by atoms with Crippen LogP contribution in [0.5, 0.6) is 0 Å². The van der Waals surface area contributed by atoms with Crippen molar-refractivity contribution in [3.8, 4) is 0 Å². The number of allylic oxidation sites excluding steroid dienone is 26. The van der Waals surface area contributed by atoms with E-state index in [9.17, 15) is 14.4 Å². The molecule has 0 fully saturated rings. The van der Waals surface area contributed by atoms with Crippen LogP contribution in [0.1, 0.15) is 290 Å². The average molecular weight is 1150 g/mol. The summed E-state index contributed by atoms with van der Waals surface area (Å²) < 4.78 is 16.9. The Morgan fingerprint density at radius 1 is 0.253 bits per heavy atom. The van der Waals surface area contributed by atoms with Crippen molar-refractivity contribution in [1.82, 2.24) is 0 Å². The molecule has 6 nitrogen and oxygen atoms in total. The standard InChI is InChI=1S/C77H124O6/c1-4-7-10-13-16-19-22-24-26-28-30-32-34-35-36-37-38-39-40-41-43-44-46-48-50-52-55-58-61-64-67-70-76(79)82-73-74(72-81-75(78)69-66-63-60-57-54-21-18-15-12-9-6-3)83-77(80)71-68-65-62-59-56-53-51-49-47-45-42-33-31-29-27-25-23-20-17-14-11-8-5-2/h7-8,10-11,16-17,19-20,24-27,30-33,35-36,38-39,45,47,51,53,59,62,74H,4-6,9,12-15,18,21-23,28-29,34,37,40-44,46,48-50,52,54-58,60-61,63-73H2,1-3H3/b10-7-,11-8-,19-16-,20-17-,26-24-,27-25-,32-30-,33-31-,36-35-,39-38-,47-45-,53-51-,62-59-. The Balaban J connectivity index is 4.34. The lowest BCUT2D eigenvalue weighted by Crippen LogP contribution is -2.30. The number of ether oxygens (including phenoxy) is 3. The van der Waals surface area contributed by atoms with E-state index in [4.69, 9.17) is 14.2 Å². The molecule has 0 rings (SSSR count). The van der Waals surface area contributed by atoms with Crippen molar-refractivity contribution in [2.24, 2.45) is 0 Å². The molecule has 1 unspecified atom stereocenters. The molecule has 0 heterocycles. The van der Waals surface area contributed by atoms with Crippen molar-refractivity contribution < 1.29 is 28.6 Å². The number of unbranched alkanes of at least 4 members (excludes halogenated alkanes) is 23. The van der Waals surface area contributed by atoms with Gasteiger partial charge in [0.2, 0.25) is 0 Å². The predicted molar refractivity (Wildman–Crippen MR) is 362 cm³/mol. The second-order valence-electron chi connectivity index (χ2n) is 22.0. The number of rotatable bonds is 60. The zero-order chi connectivity index (χ0) is 59.9. The van der Waals surface area contributed by atoms with E-state index in [1.807, 2.05) is 0 Å². The molecule has 0 saturated heterocycles. The highest BCUT2D eigenvalue weighted by molar-refractivity contribution is 5.71. The summed E-state index contributed by atoms with van der Waals surface area (Å²) in [5.74, 6) is -0.966. The minimum absolute atomic E-state index is 0.104. The van der Waals surface area contributed by atoms with Crippen molar-refractivity contribution in [1.29, 1.82) is 0 Å². The van der Waals surface area contributed by atoms with E-state index in [1.165, 1.54) is 116 Å². The molecule has 0 aliphatic heterocycles. The van der Waals surface area contributed by atoms with Gasteiger partial charge in [-0.05, 0) is 122 Å². The number of hydrogen-bond donors (Lipinski definition) is 0. The number of carbonyl (C=O) groups excluding carboxylic acids is 3. The van der Waals surface area contributed by atoms with Crippen molar-refractivity contribution in [3.63, 3.8) is 0 Å². The summed E-state index contributed by atoms with van der Waals surface area (Å²) in [6, 6.07) is 0. The maximum Gasteiger partial charge on any atom is 0.306 e. The molecule has 0 aliphatic carbocycles. The van der Waals surface area contributed by atoms with E-state index < -0.39 is 6.10 Å². The summed E-state index contributed by atoms with van der Waals surface area (Å²) in [6.07, 6.45) is 101. The SMILES string of the molecule is CC/C=C\C/C=C\C/C=C\C/C=C\C/C=C\C/C=C\C/C=C\CCCC(=O)OC(COC(=O)CCCCCCCCCCCCC)COC(=O)CCCCCCCCCCCCCC/C=C\C/C=C\C/C=C\C/C=C\C/C=C\C/C=C\CC. The molecule has 0 aliphatic rings. The molecule has 0 aromatic carbocycles.